The number of para-hydroxylation sites is 1. The molecule has 3 rings (SSSR count). The van der Waals surface area contributed by atoms with E-state index in [2.05, 4.69) is 10.0 Å². The number of methoxy groups -OCH3 is 1. The molecule has 0 heterocycles. The van der Waals surface area contributed by atoms with E-state index in [1.54, 1.807) is 36.4 Å². The lowest BCUT2D eigenvalue weighted by Gasteiger charge is -2.09. The maximum Gasteiger partial charge on any atom is 0.240 e. The van der Waals surface area contributed by atoms with Crippen LogP contribution in [0.3, 0.4) is 0 Å². The van der Waals surface area contributed by atoms with Gasteiger partial charge in [-0.1, -0.05) is 18.2 Å². The van der Waals surface area contributed by atoms with E-state index in [0.717, 1.165) is 5.75 Å². The molecule has 0 bridgehead atoms. The van der Waals surface area contributed by atoms with Crippen LogP contribution in [0.2, 0.25) is 0 Å². The topological polar surface area (TPSA) is 93.7 Å². The molecule has 3 aromatic rings. The first kappa shape index (κ1) is 21.4. The van der Waals surface area contributed by atoms with Crippen LogP contribution in [-0.2, 0) is 14.8 Å². The molecule has 0 fully saturated rings. The summed E-state index contributed by atoms with van der Waals surface area (Å²) in [6.45, 7) is -0.0185. The zero-order chi connectivity index (χ0) is 21.4. The minimum absolute atomic E-state index is 0.00233. The van der Waals surface area contributed by atoms with Gasteiger partial charge in [0.2, 0.25) is 15.9 Å². The lowest BCUT2D eigenvalue weighted by molar-refractivity contribution is -0.116. The van der Waals surface area contributed by atoms with Crippen LogP contribution in [0.15, 0.2) is 83.8 Å². The molecule has 0 aliphatic carbocycles. The number of rotatable bonds is 9. The van der Waals surface area contributed by atoms with Gasteiger partial charge in [-0.3, -0.25) is 4.79 Å². The lowest BCUT2D eigenvalue weighted by atomic mass is 10.3. The second-order valence-electron chi connectivity index (χ2n) is 6.31. The summed E-state index contributed by atoms with van der Waals surface area (Å²) in [5.74, 6) is 1.63. The summed E-state index contributed by atoms with van der Waals surface area (Å²) in [5, 5.41) is 2.73. The predicted octanol–water partition coefficient (Wildman–Crippen LogP) is 3.79. The first-order chi connectivity index (χ1) is 14.5. The van der Waals surface area contributed by atoms with E-state index >= 15 is 0 Å². The van der Waals surface area contributed by atoms with E-state index in [4.69, 9.17) is 9.47 Å². The third kappa shape index (κ3) is 6.07. The summed E-state index contributed by atoms with van der Waals surface area (Å²) < 4.78 is 37.7. The fourth-order valence-electron chi connectivity index (χ4n) is 2.59. The molecule has 156 valence electrons. The Balaban J connectivity index is 1.47. The molecule has 0 aliphatic rings. The fraction of sp³-hybridized carbons (Fsp3) is 0.136. The molecule has 0 atom stereocenters. The van der Waals surface area contributed by atoms with E-state index < -0.39 is 10.0 Å². The third-order valence-corrected chi connectivity index (χ3v) is 5.61. The Kier molecular flexibility index (Phi) is 7.05. The molecule has 0 spiro atoms. The third-order valence-electron chi connectivity index (χ3n) is 4.13. The van der Waals surface area contributed by atoms with Gasteiger partial charge in [0.1, 0.15) is 17.2 Å². The highest BCUT2D eigenvalue weighted by Gasteiger charge is 2.14. The molecule has 0 aromatic heterocycles. The first-order valence-corrected chi connectivity index (χ1v) is 10.7. The Morgan fingerprint density at radius 3 is 2.07 bits per heavy atom. The number of hydrogen-bond donors (Lipinski definition) is 2. The Hall–Kier alpha value is -3.36. The molecule has 0 saturated carbocycles. The molecule has 1 amide bonds. The van der Waals surface area contributed by atoms with E-state index in [-0.39, 0.29) is 23.8 Å². The summed E-state index contributed by atoms with van der Waals surface area (Å²) in [6, 6.07) is 22.3. The van der Waals surface area contributed by atoms with Crippen molar-refractivity contribution in [1.29, 1.82) is 0 Å². The second-order valence-corrected chi connectivity index (χ2v) is 8.08. The summed E-state index contributed by atoms with van der Waals surface area (Å²) in [4.78, 5) is 12.2. The maximum absolute atomic E-state index is 12.3. The van der Waals surface area contributed by atoms with Crippen LogP contribution >= 0.6 is 0 Å². The number of hydrogen-bond acceptors (Lipinski definition) is 5. The molecule has 0 radical (unpaired) electrons. The summed E-state index contributed by atoms with van der Waals surface area (Å²) in [6.07, 6.45) is -0.00233. The number of anilines is 1. The van der Waals surface area contributed by atoms with Crippen molar-refractivity contribution in [3.05, 3.63) is 78.9 Å². The minimum Gasteiger partial charge on any atom is -0.497 e. The van der Waals surface area contributed by atoms with Crippen molar-refractivity contribution in [3.63, 3.8) is 0 Å². The van der Waals surface area contributed by atoms with Crippen LogP contribution in [0.1, 0.15) is 6.42 Å². The van der Waals surface area contributed by atoms with Crippen molar-refractivity contribution in [2.75, 3.05) is 19.0 Å². The van der Waals surface area contributed by atoms with Crippen LogP contribution in [0.25, 0.3) is 0 Å². The average Bonchev–Trinajstić information content (AvgIpc) is 2.76. The first-order valence-electron chi connectivity index (χ1n) is 9.23. The van der Waals surface area contributed by atoms with Gasteiger partial charge in [0.05, 0.1) is 12.0 Å². The second kappa shape index (κ2) is 9.91. The van der Waals surface area contributed by atoms with Crippen LogP contribution < -0.4 is 19.5 Å². The quantitative estimate of drug-likeness (QED) is 0.543. The van der Waals surface area contributed by atoms with Gasteiger partial charge >= 0.3 is 0 Å². The highest BCUT2D eigenvalue weighted by Crippen LogP contribution is 2.22. The molecule has 3 aromatic carbocycles. The Bertz CT molecular complexity index is 1070. The summed E-state index contributed by atoms with van der Waals surface area (Å²) in [7, 11) is -2.19. The smallest absolute Gasteiger partial charge is 0.240 e. The van der Waals surface area contributed by atoms with Crippen molar-refractivity contribution < 1.29 is 22.7 Å². The summed E-state index contributed by atoms with van der Waals surface area (Å²) >= 11 is 0. The number of benzene rings is 3. The predicted molar refractivity (Wildman–Crippen MR) is 114 cm³/mol. The van der Waals surface area contributed by atoms with Crippen LogP contribution in [0.5, 0.6) is 17.2 Å². The highest BCUT2D eigenvalue weighted by atomic mass is 32.2. The molecule has 0 unspecified atom stereocenters. The molecular formula is C22H22N2O5S. The Morgan fingerprint density at radius 1 is 0.833 bits per heavy atom. The zero-order valence-electron chi connectivity index (χ0n) is 16.4. The van der Waals surface area contributed by atoms with Gasteiger partial charge < -0.3 is 14.8 Å². The number of carbonyl (C=O) groups is 1. The SMILES string of the molecule is COc1ccc(S(=O)(=O)NCCC(=O)Nc2ccc(Oc3ccccc3)cc2)cc1. The van der Waals surface area contributed by atoms with Gasteiger partial charge in [-0.15, -0.1) is 0 Å². The van der Waals surface area contributed by atoms with E-state index in [1.165, 1.54) is 19.2 Å². The monoisotopic (exact) mass is 426 g/mol. The number of nitrogens with one attached hydrogen (secondary N) is 2. The van der Waals surface area contributed by atoms with E-state index in [0.29, 0.717) is 17.2 Å². The summed E-state index contributed by atoms with van der Waals surface area (Å²) in [5.41, 5.74) is 0.596. The fourth-order valence-corrected chi connectivity index (χ4v) is 3.62. The highest BCUT2D eigenvalue weighted by molar-refractivity contribution is 7.89. The Morgan fingerprint density at radius 2 is 1.43 bits per heavy atom. The molecule has 2 N–H and O–H groups in total. The molecule has 0 saturated heterocycles. The number of ether oxygens (including phenoxy) is 2. The van der Waals surface area contributed by atoms with Gasteiger partial charge in [0.15, 0.2) is 0 Å². The van der Waals surface area contributed by atoms with Gasteiger partial charge in [0.25, 0.3) is 0 Å². The van der Waals surface area contributed by atoms with Crippen LogP contribution in [0, 0.1) is 0 Å². The standard InChI is InChI=1S/C22H22N2O5S/c1-28-18-11-13-21(14-12-18)30(26,27)23-16-15-22(25)24-17-7-9-20(10-8-17)29-19-5-3-2-4-6-19/h2-14,23H,15-16H2,1H3,(H,24,25). The molecular weight excluding hydrogens is 404 g/mol. The van der Waals surface area contributed by atoms with Crippen LogP contribution in [0.4, 0.5) is 5.69 Å². The zero-order valence-corrected chi connectivity index (χ0v) is 17.2. The van der Waals surface area contributed by atoms with Crippen molar-refractivity contribution in [3.8, 4) is 17.2 Å². The van der Waals surface area contributed by atoms with Crippen molar-refractivity contribution >= 4 is 21.6 Å². The minimum atomic E-state index is -3.69. The van der Waals surface area contributed by atoms with Gasteiger partial charge in [0, 0.05) is 18.7 Å². The van der Waals surface area contributed by atoms with E-state index in [9.17, 15) is 13.2 Å². The van der Waals surface area contributed by atoms with Crippen LogP contribution in [-0.4, -0.2) is 28.0 Å². The number of carbonyl (C=O) groups excluding carboxylic acids is 1. The van der Waals surface area contributed by atoms with Crippen molar-refractivity contribution in [2.45, 2.75) is 11.3 Å². The molecule has 30 heavy (non-hydrogen) atoms. The van der Waals surface area contributed by atoms with E-state index in [1.807, 2.05) is 30.3 Å². The molecule has 8 heteroatoms. The van der Waals surface area contributed by atoms with Gasteiger partial charge in [-0.05, 0) is 60.7 Å². The average molecular weight is 426 g/mol. The van der Waals surface area contributed by atoms with Gasteiger partial charge in [-0.25, -0.2) is 13.1 Å². The lowest BCUT2D eigenvalue weighted by Crippen LogP contribution is -2.27. The van der Waals surface area contributed by atoms with Gasteiger partial charge in [-0.2, -0.15) is 0 Å². The number of amides is 1. The largest absolute Gasteiger partial charge is 0.497 e. The normalized spacial score (nSPS) is 11.0. The maximum atomic E-state index is 12.3. The molecule has 7 nitrogen and oxygen atoms in total. The van der Waals surface area contributed by atoms with Crippen molar-refractivity contribution in [2.24, 2.45) is 0 Å². The Labute approximate surface area is 175 Å². The number of sulfonamides is 1. The molecule has 0 aliphatic heterocycles. The van der Waals surface area contributed by atoms with Crippen molar-refractivity contribution in [1.82, 2.24) is 4.72 Å².